The number of aromatic nitrogens is 2. The number of nitrogens with zero attached hydrogens (tertiary/aromatic N) is 2. The minimum atomic E-state index is -5.04. The van der Waals surface area contributed by atoms with Crippen LogP contribution in [0.3, 0.4) is 0 Å². The molecule has 1 saturated carbocycles. The molecule has 4 unspecified atom stereocenters. The topological polar surface area (TPSA) is 203 Å². The Morgan fingerprint density at radius 2 is 1.55 bits per heavy atom. The summed E-state index contributed by atoms with van der Waals surface area (Å²) in [4.78, 5) is 86.3. The quantitative estimate of drug-likeness (QED) is 0.0456. The van der Waals surface area contributed by atoms with Crippen molar-refractivity contribution >= 4 is 42.7 Å². The molecule has 3 aromatic carbocycles. The Morgan fingerprint density at radius 1 is 0.900 bits per heavy atom. The monoisotopic (exact) mass is 844 g/mol. The maximum Gasteiger partial charge on any atom is 0.408 e. The van der Waals surface area contributed by atoms with E-state index in [4.69, 9.17) is 4.74 Å². The lowest BCUT2D eigenvalue weighted by atomic mass is 9.82. The average molecular weight is 845 g/mol. The number of alkyl carbamates (subject to hydrolysis) is 1. The molecule has 15 heteroatoms. The molecule has 1 aliphatic rings. The zero-order chi connectivity index (χ0) is 43.5. The van der Waals surface area contributed by atoms with Crippen LogP contribution in [0.25, 0.3) is 10.8 Å². The average Bonchev–Trinajstić information content (AvgIpc) is 3.71. The molecule has 4 aromatic rings. The normalized spacial score (nSPS) is 16.3. The second-order valence-electron chi connectivity index (χ2n) is 17.3. The van der Waals surface area contributed by atoms with Crippen LogP contribution in [0, 0.1) is 11.8 Å². The summed E-state index contributed by atoms with van der Waals surface area (Å²) in [5.41, 5.74) is -0.246. The Hall–Kier alpha value is -5.04. The van der Waals surface area contributed by atoms with E-state index in [1.54, 1.807) is 20.8 Å². The third-order valence-corrected chi connectivity index (χ3v) is 12.6. The highest BCUT2D eigenvalue weighted by Crippen LogP contribution is 2.49. The van der Waals surface area contributed by atoms with E-state index in [2.05, 4.69) is 25.9 Å². The number of nitrogens with one attached hydrogen (secondary N) is 4. The van der Waals surface area contributed by atoms with Gasteiger partial charge in [-0.15, -0.1) is 0 Å². The van der Waals surface area contributed by atoms with Gasteiger partial charge in [-0.2, -0.15) is 0 Å². The van der Waals surface area contributed by atoms with Crippen LogP contribution in [0.15, 0.2) is 85.3 Å². The molecule has 0 aliphatic heterocycles. The van der Waals surface area contributed by atoms with Gasteiger partial charge in [0, 0.05) is 37.3 Å². The predicted molar refractivity (Wildman–Crippen MR) is 231 cm³/mol. The summed E-state index contributed by atoms with van der Waals surface area (Å²) in [6, 6.07) is 18.1. The molecule has 14 nitrogen and oxygen atoms in total. The van der Waals surface area contributed by atoms with Gasteiger partial charge in [-0.05, 0) is 60.9 Å². The number of imidazole rings is 1. The first-order chi connectivity index (χ1) is 28.5. The molecule has 5 atom stereocenters. The smallest absolute Gasteiger partial charge is 0.408 e. The summed E-state index contributed by atoms with van der Waals surface area (Å²) in [7, 11) is -5.04. The Bertz CT molecular complexity index is 2060. The zero-order valence-electron chi connectivity index (χ0n) is 35.3. The van der Waals surface area contributed by atoms with Crippen LogP contribution >= 0.6 is 7.60 Å². The van der Waals surface area contributed by atoms with Crippen LogP contribution in [0.1, 0.15) is 90.0 Å². The van der Waals surface area contributed by atoms with Gasteiger partial charge in [0.05, 0.1) is 12.4 Å². The Kier molecular flexibility index (Phi) is 16.1. The number of hydrogen-bond acceptors (Lipinski definition) is 7. The van der Waals surface area contributed by atoms with Crippen molar-refractivity contribution in [3.05, 3.63) is 102 Å². The predicted octanol–water partition coefficient (Wildman–Crippen LogP) is 6.41. The lowest BCUT2D eigenvalue weighted by Crippen LogP contribution is -2.60. The summed E-state index contributed by atoms with van der Waals surface area (Å²) in [6.07, 6.45) is 7.66. The van der Waals surface area contributed by atoms with Gasteiger partial charge in [0.1, 0.15) is 23.3 Å². The lowest BCUT2D eigenvalue weighted by molar-refractivity contribution is -0.130. The number of benzene rings is 3. The molecule has 4 amide bonds. The van der Waals surface area contributed by atoms with Gasteiger partial charge in [0.15, 0.2) is 0 Å². The van der Waals surface area contributed by atoms with E-state index in [0.29, 0.717) is 12.1 Å². The first-order valence-electron chi connectivity index (χ1n) is 20.9. The van der Waals surface area contributed by atoms with Crippen LogP contribution in [-0.2, 0) is 43.1 Å². The number of rotatable bonds is 19. The van der Waals surface area contributed by atoms with E-state index >= 15 is 0 Å². The third kappa shape index (κ3) is 13.2. The van der Waals surface area contributed by atoms with E-state index in [1.807, 2.05) is 86.6 Å². The highest BCUT2D eigenvalue weighted by Gasteiger charge is 2.47. The number of ether oxygens (including phenoxy) is 1. The van der Waals surface area contributed by atoms with Gasteiger partial charge < -0.3 is 40.4 Å². The van der Waals surface area contributed by atoms with E-state index in [9.17, 15) is 33.5 Å². The van der Waals surface area contributed by atoms with Gasteiger partial charge in [-0.25, -0.2) is 9.78 Å². The second kappa shape index (κ2) is 21.0. The van der Waals surface area contributed by atoms with Crippen molar-refractivity contribution in [3.8, 4) is 0 Å². The van der Waals surface area contributed by atoms with Crippen molar-refractivity contribution in [1.29, 1.82) is 0 Å². The molecule has 0 radical (unpaired) electrons. The lowest BCUT2D eigenvalue weighted by Gasteiger charge is -2.43. The van der Waals surface area contributed by atoms with Gasteiger partial charge in [0.2, 0.25) is 18.2 Å². The molecule has 5 rings (SSSR count). The number of aromatic amines is 1. The fourth-order valence-corrected chi connectivity index (χ4v) is 10.0. The summed E-state index contributed by atoms with van der Waals surface area (Å²) < 4.78 is 19.4. The summed E-state index contributed by atoms with van der Waals surface area (Å²) in [5.74, 6) is -1.70. The molecule has 1 fully saturated rings. The van der Waals surface area contributed by atoms with Gasteiger partial charge in [-0.3, -0.25) is 18.9 Å². The molecule has 60 heavy (non-hydrogen) atoms. The van der Waals surface area contributed by atoms with Crippen molar-refractivity contribution in [3.63, 3.8) is 0 Å². The highest BCUT2D eigenvalue weighted by molar-refractivity contribution is 7.52. The number of H-pyrrole nitrogens is 1. The van der Waals surface area contributed by atoms with Crippen molar-refractivity contribution < 1.29 is 38.3 Å². The first kappa shape index (κ1) is 46.0. The van der Waals surface area contributed by atoms with Gasteiger partial charge in [0.25, 0.3) is 0 Å². The van der Waals surface area contributed by atoms with Crippen LogP contribution in [0.2, 0.25) is 0 Å². The van der Waals surface area contributed by atoms with E-state index in [1.165, 1.54) is 17.4 Å². The number of carbonyl (C=O) groups excluding carboxylic acids is 4. The minimum absolute atomic E-state index is 0.0518. The van der Waals surface area contributed by atoms with E-state index < -0.39 is 66.8 Å². The molecular weight excluding hydrogens is 784 g/mol. The van der Waals surface area contributed by atoms with Crippen LogP contribution in [0.4, 0.5) is 4.79 Å². The van der Waals surface area contributed by atoms with Crippen LogP contribution < -0.4 is 16.0 Å². The summed E-state index contributed by atoms with van der Waals surface area (Å²) in [6.45, 7) is 8.87. The Morgan fingerprint density at radius 3 is 2.18 bits per heavy atom. The number of fused-ring (bicyclic) bond motifs is 1. The third-order valence-electron chi connectivity index (χ3n) is 11.1. The molecule has 1 aliphatic carbocycles. The minimum Gasteiger partial charge on any atom is -0.444 e. The standard InChI is InChI=1S/C45H61N6O8P/c1-30(2)40(51(29-52)27-32-17-10-7-11-18-32)41(60(56,57)58)37(23-31-15-8-6-9-16-31)48-43(54)39(25-35-26-46-28-47-35)49-42(53)38(50-44(55)59-45(3,4)5)24-34-21-14-20-33-19-12-13-22-36(33)34/h7,10-14,17-22,26,28-31,37-41H,6,8-9,15-16,23-25,27H2,1-5H3,(H,46,47)(H,48,54)(H,49,53)(H,50,55)(H2,56,57,58)/t37?,38?,39-,40?,41?/m0/s1. The highest BCUT2D eigenvalue weighted by atomic mass is 31.2. The maximum absolute atomic E-state index is 14.8. The number of hydrogen-bond donors (Lipinski definition) is 6. The van der Waals surface area contributed by atoms with Crippen molar-refractivity contribution in [2.75, 3.05) is 0 Å². The summed E-state index contributed by atoms with van der Waals surface area (Å²) >= 11 is 0. The fourth-order valence-electron chi connectivity index (χ4n) is 8.45. The molecule has 0 spiro atoms. The largest absolute Gasteiger partial charge is 0.444 e. The van der Waals surface area contributed by atoms with Crippen molar-refractivity contribution in [2.24, 2.45) is 11.8 Å². The Balaban J connectivity index is 1.51. The van der Waals surface area contributed by atoms with Gasteiger partial charge >= 0.3 is 13.7 Å². The zero-order valence-corrected chi connectivity index (χ0v) is 36.1. The molecule has 0 bridgehead atoms. The Labute approximate surface area is 352 Å². The molecule has 6 N–H and O–H groups in total. The molecule has 1 heterocycles. The molecule has 0 saturated heterocycles. The van der Waals surface area contributed by atoms with E-state index in [-0.39, 0.29) is 31.7 Å². The van der Waals surface area contributed by atoms with Gasteiger partial charge in [-0.1, -0.05) is 119 Å². The van der Waals surface area contributed by atoms with E-state index in [0.717, 1.165) is 54.0 Å². The van der Waals surface area contributed by atoms with Crippen LogP contribution in [-0.4, -0.2) is 84.4 Å². The van der Waals surface area contributed by atoms with Crippen molar-refractivity contribution in [1.82, 2.24) is 30.8 Å². The second-order valence-corrected chi connectivity index (χ2v) is 19.1. The summed E-state index contributed by atoms with van der Waals surface area (Å²) in [5, 5.41) is 10.4. The molecular formula is C45H61N6O8P. The fraction of sp³-hybridized carbons (Fsp3) is 0.489. The maximum atomic E-state index is 14.8. The SMILES string of the molecule is CC(C)C(C(C(CC1CCCCC1)NC(=O)[C@H](Cc1cnc[nH]1)NC(=O)C(Cc1cccc2ccccc12)NC(=O)OC(C)(C)C)P(=O)(O)O)N(C=O)Cc1ccccc1. The van der Waals surface area contributed by atoms with Crippen LogP contribution in [0.5, 0.6) is 0 Å². The number of amides is 4. The first-order valence-corrected chi connectivity index (χ1v) is 22.5. The van der Waals surface area contributed by atoms with Crippen molar-refractivity contribution in [2.45, 2.75) is 128 Å². The number of carbonyl (C=O) groups is 4. The molecule has 1 aromatic heterocycles. The molecule has 324 valence electrons.